The molecule has 8 atom stereocenters. The maximum atomic E-state index is 11.6. The van der Waals surface area contributed by atoms with Gasteiger partial charge in [0.05, 0.1) is 12.7 Å². The van der Waals surface area contributed by atoms with Crippen LogP contribution in [0.1, 0.15) is 47.0 Å². The van der Waals surface area contributed by atoms with Crippen LogP contribution in [0.25, 0.3) is 0 Å². The highest BCUT2D eigenvalue weighted by Crippen LogP contribution is 2.52. The quantitative estimate of drug-likeness (QED) is 0.343. The van der Waals surface area contributed by atoms with Gasteiger partial charge in [0.1, 0.15) is 35.6 Å². The maximum absolute atomic E-state index is 11.6. The van der Waals surface area contributed by atoms with Gasteiger partial charge in [-0.2, -0.15) is 0 Å². The molecule has 1 saturated carbocycles. The van der Waals surface area contributed by atoms with Crippen LogP contribution in [0.3, 0.4) is 0 Å². The molecule has 1 saturated heterocycles. The highest BCUT2D eigenvalue weighted by Gasteiger charge is 2.60. The molecule has 2 fully saturated rings. The number of aliphatic hydroxyl groups excluding tert-OH is 5. The zero-order valence-electron chi connectivity index (χ0n) is 16.4. The molecule has 0 bridgehead atoms. The fourth-order valence-corrected chi connectivity index (χ4v) is 4.21. The topological polar surface area (TPSA) is 140 Å². The summed E-state index contributed by atoms with van der Waals surface area (Å²) in [5, 5.41) is 60.9. The van der Waals surface area contributed by atoms with E-state index in [0.29, 0.717) is 6.42 Å². The lowest BCUT2D eigenvalue weighted by Gasteiger charge is -2.57. The van der Waals surface area contributed by atoms with Gasteiger partial charge in [0.15, 0.2) is 6.29 Å². The van der Waals surface area contributed by atoms with Crippen molar-refractivity contribution in [1.82, 2.24) is 0 Å². The van der Waals surface area contributed by atoms with Crippen molar-refractivity contribution >= 4 is 0 Å². The van der Waals surface area contributed by atoms with Crippen molar-refractivity contribution < 1.29 is 40.1 Å². The van der Waals surface area contributed by atoms with Crippen LogP contribution in [-0.2, 0) is 9.47 Å². The highest BCUT2D eigenvalue weighted by atomic mass is 16.7. The second-order valence-electron chi connectivity index (χ2n) is 8.65. The summed E-state index contributed by atoms with van der Waals surface area (Å²) in [6.07, 6.45) is -2.82. The largest absolute Gasteiger partial charge is 0.394 e. The zero-order chi connectivity index (χ0) is 20.6. The Hall–Kier alpha value is -0.580. The molecular weight excluding hydrogens is 356 g/mol. The molecule has 0 unspecified atom stereocenters. The van der Waals surface area contributed by atoms with Gasteiger partial charge in [0.25, 0.3) is 0 Å². The first kappa shape index (κ1) is 22.7. The lowest BCUT2D eigenvalue weighted by molar-refractivity contribution is -0.352. The Kier molecular flexibility index (Phi) is 6.76. The third-order valence-corrected chi connectivity index (χ3v) is 6.13. The predicted octanol–water partition coefficient (Wildman–Crippen LogP) is -0.560. The number of aliphatic hydroxyl groups is 6. The Labute approximate surface area is 160 Å². The van der Waals surface area contributed by atoms with E-state index in [-0.39, 0.29) is 0 Å². The molecule has 1 aliphatic carbocycles. The second-order valence-corrected chi connectivity index (χ2v) is 8.65. The summed E-state index contributed by atoms with van der Waals surface area (Å²) in [6, 6.07) is 0. The van der Waals surface area contributed by atoms with Crippen LogP contribution in [-0.4, -0.2) is 85.3 Å². The summed E-state index contributed by atoms with van der Waals surface area (Å²) in [6.45, 7) is 6.51. The van der Waals surface area contributed by atoms with Crippen molar-refractivity contribution in [2.24, 2.45) is 5.41 Å². The molecule has 8 heteroatoms. The molecule has 27 heavy (non-hydrogen) atoms. The molecule has 1 heterocycles. The highest BCUT2D eigenvalue weighted by molar-refractivity contribution is 5.21. The minimum Gasteiger partial charge on any atom is -0.394 e. The molecular formula is C19H34O8. The van der Waals surface area contributed by atoms with Crippen molar-refractivity contribution in [1.29, 1.82) is 0 Å². The maximum Gasteiger partial charge on any atom is 0.187 e. The minimum atomic E-state index is -1.55. The Bertz CT molecular complexity index is 534. The van der Waals surface area contributed by atoms with Crippen LogP contribution in [0, 0.1) is 5.41 Å². The van der Waals surface area contributed by atoms with Crippen LogP contribution in [0.15, 0.2) is 12.2 Å². The molecule has 0 radical (unpaired) electrons. The monoisotopic (exact) mass is 390 g/mol. The number of hydrogen-bond donors (Lipinski definition) is 6. The predicted molar refractivity (Wildman–Crippen MR) is 96.7 cm³/mol. The molecule has 0 aromatic rings. The molecule has 2 aliphatic rings. The molecule has 1 aliphatic heterocycles. The summed E-state index contributed by atoms with van der Waals surface area (Å²) < 4.78 is 11.5. The van der Waals surface area contributed by atoms with Gasteiger partial charge >= 0.3 is 0 Å². The summed E-state index contributed by atoms with van der Waals surface area (Å²) in [7, 11) is 0. The third kappa shape index (κ3) is 4.09. The van der Waals surface area contributed by atoms with Gasteiger partial charge in [-0.1, -0.05) is 26.0 Å². The number of hydrogen-bond acceptors (Lipinski definition) is 8. The van der Waals surface area contributed by atoms with E-state index in [1.807, 2.05) is 13.8 Å². The van der Waals surface area contributed by atoms with E-state index in [9.17, 15) is 30.6 Å². The smallest absolute Gasteiger partial charge is 0.187 e. The summed E-state index contributed by atoms with van der Waals surface area (Å²) in [5.41, 5.74) is -3.29. The van der Waals surface area contributed by atoms with Gasteiger partial charge in [0, 0.05) is 0 Å². The van der Waals surface area contributed by atoms with E-state index in [2.05, 4.69) is 0 Å². The number of ether oxygens (including phenoxy) is 2. The van der Waals surface area contributed by atoms with Crippen LogP contribution >= 0.6 is 0 Å². The lowest BCUT2D eigenvalue weighted by atomic mass is 9.58. The van der Waals surface area contributed by atoms with Crippen molar-refractivity contribution in [3.05, 3.63) is 12.2 Å². The van der Waals surface area contributed by atoms with Crippen LogP contribution in [0.5, 0.6) is 0 Å². The summed E-state index contributed by atoms with van der Waals surface area (Å²) in [5.74, 6) is 0. The average Bonchev–Trinajstić information content (AvgIpc) is 2.58. The van der Waals surface area contributed by atoms with Crippen LogP contribution in [0.2, 0.25) is 0 Å². The Balaban J connectivity index is 2.35. The van der Waals surface area contributed by atoms with Crippen LogP contribution in [0.4, 0.5) is 0 Å². The van der Waals surface area contributed by atoms with Gasteiger partial charge in [-0.25, -0.2) is 0 Å². The fourth-order valence-electron chi connectivity index (χ4n) is 4.21. The van der Waals surface area contributed by atoms with Gasteiger partial charge in [-0.3, -0.25) is 0 Å². The first-order chi connectivity index (χ1) is 12.4. The van der Waals surface area contributed by atoms with Gasteiger partial charge in [0.2, 0.25) is 0 Å². The van der Waals surface area contributed by atoms with Gasteiger partial charge in [-0.15, -0.1) is 0 Å². The molecule has 2 rings (SSSR count). The van der Waals surface area contributed by atoms with E-state index >= 15 is 0 Å². The zero-order valence-corrected chi connectivity index (χ0v) is 16.4. The van der Waals surface area contributed by atoms with Crippen molar-refractivity contribution in [2.75, 3.05) is 6.61 Å². The summed E-state index contributed by atoms with van der Waals surface area (Å²) in [4.78, 5) is 0. The standard InChI is InChI=1S/C19H34O8/c1-11(21)6-9-19(25)17(2,3)7-5-8-18(19,4)27-16-15(24)14(23)13(22)12(10-20)26-16/h6,9,11-16,20-25H,5,7-8,10H2,1-4H3/b9-6+/t11-,12-,13+,14+,15+,16-,18+,19+/m0/s1. The first-order valence-electron chi connectivity index (χ1n) is 9.47. The van der Waals surface area contributed by atoms with Crippen molar-refractivity contribution in [3.63, 3.8) is 0 Å². The van der Waals surface area contributed by atoms with Gasteiger partial charge < -0.3 is 40.1 Å². The first-order valence-corrected chi connectivity index (χ1v) is 9.47. The van der Waals surface area contributed by atoms with E-state index in [4.69, 9.17) is 9.47 Å². The molecule has 0 aromatic heterocycles. The molecule has 6 N–H and O–H groups in total. The van der Waals surface area contributed by atoms with Crippen LogP contribution < -0.4 is 0 Å². The molecule has 0 aromatic carbocycles. The lowest BCUT2D eigenvalue weighted by Crippen LogP contribution is -2.67. The Morgan fingerprint density at radius 2 is 1.74 bits per heavy atom. The molecule has 158 valence electrons. The SMILES string of the molecule is C[C@H](O)/C=C/[C@@]1(O)C(C)(C)CCC[C@@]1(C)O[C@@H]1O[C@@H](CO)[C@@H](O)[C@@H](O)[C@H]1O. The van der Waals surface area contributed by atoms with Crippen molar-refractivity contribution in [2.45, 2.75) is 95.0 Å². The Morgan fingerprint density at radius 3 is 2.30 bits per heavy atom. The molecule has 0 spiro atoms. The minimum absolute atomic E-state index is 0.450. The fraction of sp³-hybridized carbons (Fsp3) is 0.895. The van der Waals surface area contributed by atoms with E-state index in [1.165, 1.54) is 12.2 Å². The van der Waals surface area contributed by atoms with E-state index in [0.717, 1.165) is 12.8 Å². The average molecular weight is 390 g/mol. The summed E-state index contributed by atoms with van der Waals surface area (Å²) >= 11 is 0. The second kappa shape index (κ2) is 8.04. The van der Waals surface area contributed by atoms with E-state index < -0.39 is 60.0 Å². The third-order valence-electron chi connectivity index (χ3n) is 6.13. The van der Waals surface area contributed by atoms with E-state index in [1.54, 1.807) is 13.8 Å². The molecule has 0 amide bonds. The van der Waals surface area contributed by atoms with Gasteiger partial charge in [-0.05, 0) is 38.5 Å². The molecule has 8 nitrogen and oxygen atoms in total. The van der Waals surface area contributed by atoms with Crippen molar-refractivity contribution in [3.8, 4) is 0 Å². The Morgan fingerprint density at radius 1 is 1.11 bits per heavy atom. The normalized spacial score (nSPS) is 46.5. The number of rotatable bonds is 5.